The highest BCUT2D eigenvalue weighted by Gasteiger charge is 2.25. The maximum Gasteiger partial charge on any atom is 0.410 e. The highest BCUT2D eigenvalue weighted by molar-refractivity contribution is 9.10. The Labute approximate surface area is 165 Å². The Kier molecular flexibility index (Phi) is 8.38. The molecule has 0 aromatic heterocycles. The van der Waals surface area contributed by atoms with Crippen LogP contribution >= 0.6 is 15.9 Å². The zero-order valence-corrected chi connectivity index (χ0v) is 17.8. The van der Waals surface area contributed by atoms with Gasteiger partial charge in [0.1, 0.15) is 5.60 Å². The summed E-state index contributed by atoms with van der Waals surface area (Å²) in [6, 6.07) is 8.37. The van der Waals surface area contributed by atoms with Crippen molar-refractivity contribution in [1.29, 1.82) is 0 Å². The van der Waals surface area contributed by atoms with Gasteiger partial charge in [-0.3, -0.25) is 4.90 Å². The number of ether oxygens (including phenoxy) is 2. The number of hydrogen-bond acceptors (Lipinski definition) is 4. The molecule has 146 valence electrons. The van der Waals surface area contributed by atoms with Crippen molar-refractivity contribution in [2.24, 2.45) is 0 Å². The number of piperazine rings is 1. The third-order valence-corrected chi connectivity index (χ3v) is 4.76. The maximum absolute atomic E-state index is 12.1. The van der Waals surface area contributed by atoms with Crippen molar-refractivity contribution in [3.63, 3.8) is 0 Å². The normalized spacial score (nSPS) is 15.9. The zero-order valence-electron chi connectivity index (χ0n) is 16.2. The van der Waals surface area contributed by atoms with Gasteiger partial charge in [0.15, 0.2) is 0 Å². The summed E-state index contributed by atoms with van der Waals surface area (Å²) >= 11 is 3.45. The molecule has 0 radical (unpaired) electrons. The zero-order chi connectivity index (χ0) is 19.0. The van der Waals surface area contributed by atoms with Gasteiger partial charge in [0, 0.05) is 43.8 Å². The van der Waals surface area contributed by atoms with Crippen molar-refractivity contribution in [3.05, 3.63) is 34.3 Å². The Morgan fingerprint density at radius 3 is 2.35 bits per heavy atom. The van der Waals surface area contributed by atoms with E-state index >= 15 is 0 Å². The van der Waals surface area contributed by atoms with Crippen molar-refractivity contribution in [2.75, 3.05) is 45.9 Å². The van der Waals surface area contributed by atoms with Crippen molar-refractivity contribution >= 4 is 22.0 Å². The molecule has 1 aromatic carbocycles. The van der Waals surface area contributed by atoms with Crippen LogP contribution in [0.3, 0.4) is 0 Å². The Hall–Kier alpha value is -1.11. The molecule has 1 fully saturated rings. The first-order valence-electron chi connectivity index (χ1n) is 9.36. The van der Waals surface area contributed by atoms with Crippen LogP contribution in [0, 0.1) is 0 Å². The van der Waals surface area contributed by atoms with Crippen LogP contribution in [0.5, 0.6) is 0 Å². The minimum atomic E-state index is -0.429. The molecule has 1 aliphatic rings. The standard InChI is InChI=1S/C20H31BrN2O3/c1-20(2,3)26-19(24)23-13-11-22(12-14-23)10-4-15-25-16-9-17-5-7-18(21)8-6-17/h5-8H,4,9-16H2,1-3H3. The lowest BCUT2D eigenvalue weighted by molar-refractivity contribution is 0.0136. The van der Waals surface area contributed by atoms with E-state index in [4.69, 9.17) is 9.47 Å². The van der Waals surface area contributed by atoms with Crippen LogP contribution < -0.4 is 0 Å². The Morgan fingerprint density at radius 2 is 1.73 bits per heavy atom. The van der Waals surface area contributed by atoms with Crippen LogP contribution in [0.15, 0.2) is 28.7 Å². The summed E-state index contributed by atoms with van der Waals surface area (Å²) in [6.07, 6.45) is 1.77. The molecule has 1 aliphatic heterocycles. The maximum atomic E-state index is 12.1. The first kappa shape index (κ1) is 21.2. The second kappa shape index (κ2) is 10.3. The smallest absolute Gasteiger partial charge is 0.410 e. The molecule has 0 unspecified atom stereocenters. The minimum Gasteiger partial charge on any atom is -0.444 e. The lowest BCUT2D eigenvalue weighted by atomic mass is 10.2. The number of carbonyl (C=O) groups is 1. The first-order chi connectivity index (χ1) is 12.3. The summed E-state index contributed by atoms with van der Waals surface area (Å²) in [5.41, 5.74) is 0.869. The van der Waals surface area contributed by atoms with Gasteiger partial charge in [-0.25, -0.2) is 4.79 Å². The SMILES string of the molecule is CC(C)(C)OC(=O)N1CCN(CCCOCCc2ccc(Br)cc2)CC1. The number of halogens is 1. The molecule has 0 atom stereocenters. The predicted molar refractivity (Wildman–Crippen MR) is 108 cm³/mol. The van der Waals surface area contributed by atoms with Crippen molar-refractivity contribution in [3.8, 4) is 0 Å². The number of benzene rings is 1. The molecule has 0 spiro atoms. The molecule has 2 rings (SSSR count). The van der Waals surface area contributed by atoms with Gasteiger partial charge in [-0.15, -0.1) is 0 Å². The molecule has 1 aromatic rings. The number of rotatable bonds is 7. The quantitative estimate of drug-likeness (QED) is 0.618. The Bertz CT molecular complexity index is 549. The van der Waals surface area contributed by atoms with Gasteiger partial charge in [-0.05, 0) is 51.3 Å². The molecule has 5 nitrogen and oxygen atoms in total. The van der Waals surface area contributed by atoms with E-state index in [1.807, 2.05) is 20.8 Å². The van der Waals surface area contributed by atoms with E-state index in [-0.39, 0.29) is 6.09 Å². The van der Waals surface area contributed by atoms with Crippen LogP contribution in [0.25, 0.3) is 0 Å². The largest absolute Gasteiger partial charge is 0.444 e. The number of amides is 1. The highest BCUT2D eigenvalue weighted by atomic mass is 79.9. The number of carbonyl (C=O) groups excluding carboxylic acids is 1. The van der Waals surface area contributed by atoms with Crippen LogP contribution in [0.1, 0.15) is 32.8 Å². The van der Waals surface area contributed by atoms with E-state index in [1.165, 1.54) is 5.56 Å². The van der Waals surface area contributed by atoms with Crippen LogP contribution in [-0.2, 0) is 15.9 Å². The molecule has 0 N–H and O–H groups in total. The van der Waals surface area contributed by atoms with Crippen LogP contribution in [-0.4, -0.2) is 67.4 Å². The van der Waals surface area contributed by atoms with Crippen molar-refractivity contribution in [1.82, 2.24) is 9.80 Å². The van der Waals surface area contributed by atoms with Gasteiger partial charge in [-0.1, -0.05) is 28.1 Å². The summed E-state index contributed by atoms with van der Waals surface area (Å²) in [7, 11) is 0. The molecule has 0 bridgehead atoms. The second-order valence-corrected chi connectivity index (χ2v) is 8.57. The summed E-state index contributed by atoms with van der Waals surface area (Å²) in [5.74, 6) is 0. The Balaban J connectivity index is 1.52. The van der Waals surface area contributed by atoms with Gasteiger partial charge in [0.2, 0.25) is 0 Å². The minimum absolute atomic E-state index is 0.201. The van der Waals surface area contributed by atoms with E-state index in [2.05, 4.69) is 45.1 Å². The number of nitrogens with zero attached hydrogens (tertiary/aromatic N) is 2. The van der Waals surface area contributed by atoms with E-state index in [1.54, 1.807) is 4.90 Å². The topological polar surface area (TPSA) is 42.0 Å². The van der Waals surface area contributed by atoms with E-state index in [9.17, 15) is 4.79 Å². The molecule has 1 saturated heterocycles. The van der Waals surface area contributed by atoms with Gasteiger partial charge in [0.25, 0.3) is 0 Å². The van der Waals surface area contributed by atoms with Crippen molar-refractivity contribution < 1.29 is 14.3 Å². The highest BCUT2D eigenvalue weighted by Crippen LogP contribution is 2.12. The fraction of sp³-hybridized carbons (Fsp3) is 0.650. The van der Waals surface area contributed by atoms with Crippen LogP contribution in [0.2, 0.25) is 0 Å². The summed E-state index contributed by atoms with van der Waals surface area (Å²) in [5, 5.41) is 0. The summed E-state index contributed by atoms with van der Waals surface area (Å²) in [6.45, 7) is 11.5. The Morgan fingerprint density at radius 1 is 1.08 bits per heavy atom. The lowest BCUT2D eigenvalue weighted by Gasteiger charge is -2.35. The van der Waals surface area contributed by atoms with Gasteiger partial charge >= 0.3 is 6.09 Å². The molecule has 6 heteroatoms. The molecule has 1 heterocycles. The third-order valence-electron chi connectivity index (χ3n) is 4.24. The van der Waals surface area contributed by atoms with Crippen molar-refractivity contribution in [2.45, 2.75) is 39.2 Å². The fourth-order valence-electron chi connectivity index (χ4n) is 2.81. The average Bonchev–Trinajstić information content (AvgIpc) is 2.58. The first-order valence-corrected chi connectivity index (χ1v) is 10.2. The second-order valence-electron chi connectivity index (χ2n) is 7.65. The van der Waals surface area contributed by atoms with E-state index in [0.717, 1.165) is 63.3 Å². The molecule has 26 heavy (non-hydrogen) atoms. The number of hydrogen-bond donors (Lipinski definition) is 0. The molecular weight excluding hydrogens is 396 g/mol. The summed E-state index contributed by atoms with van der Waals surface area (Å²) < 4.78 is 12.3. The van der Waals surface area contributed by atoms with Gasteiger partial charge in [0.05, 0.1) is 6.61 Å². The third kappa shape index (κ3) is 8.06. The van der Waals surface area contributed by atoms with Gasteiger partial charge < -0.3 is 14.4 Å². The molecule has 0 aliphatic carbocycles. The van der Waals surface area contributed by atoms with E-state index < -0.39 is 5.60 Å². The molecule has 1 amide bonds. The molecule has 0 saturated carbocycles. The van der Waals surface area contributed by atoms with Crippen LogP contribution in [0.4, 0.5) is 4.79 Å². The van der Waals surface area contributed by atoms with Gasteiger partial charge in [-0.2, -0.15) is 0 Å². The lowest BCUT2D eigenvalue weighted by Crippen LogP contribution is -2.50. The average molecular weight is 427 g/mol. The predicted octanol–water partition coefficient (Wildman–Crippen LogP) is 3.95. The fourth-order valence-corrected chi connectivity index (χ4v) is 3.08. The molecular formula is C20H31BrN2O3. The monoisotopic (exact) mass is 426 g/mol. The van der Waals surface area contributed by atoms with E-state index in [0.29, 0.717) is 0 Å². The summed E-state index contributed by atoms with van der Waals surface area (Å²) in [4.78, 5) is 16.2.